The smallest absolute Gasteiger partial charge is 0.326 e. The van der Waals surface area contributed by atoms with Crippen molar-refractivity contribution in [2.75, 3.05) is 0 Å². The summed E-state index contributed by atoms with van der Waals surface area (Å²) in [5.74, 6) is -0.0898. The molecule has 1 unspecified atom stereocenters. The van der Waals surface area contributed by atoms with Crippen LogP contribution < -0.4 is 11.0 Å². The molecule has 1 aromatic heterocycles. The zero-order valence-corrected chi connectivity index (χ0v) is 15.2. The summed E-state index contributed by atoms with van der Waals surface area (Å²) in [7, 11) is 0. The van der Waals surface area contributed by atoms with Gasteiger partial charge in [-0.1, -0.05) is 37.1 Å². The van der Waals surface area contributed by atoms with Gasteiger partial charge in [0.15, 0.2) is 0 Å². The molecule has 0 spiro atoms. The lowest BCUT2D eigenvalue weighted by molar-refractivity contribution is 0.0937. The predicted octanol–water partition coefficient (Wildman–Crippen LogP) is 3.86. The summed E-state index contributed by atoms with van der Waals surface area (Å²) >= 11 is 0. The van der Waals surface area contributed by atoms with Crippen LogP contribution in [0.3, 0.4) is 0 Å². The van der Waals surface area contributed by atoms with Gasteiger partial charge in [-0.3, -0.25) is 9.36 Å². The quantitative estimate of drug-likeness (QED) is 0.744. The molecule has 138 valence electrons. The van der Waals surface area contributed by atoms with Crippen molar-refractivity contribution in [3.05, 3.63) is 69.6 Å². The SMILES string of the molecule is O=C(NC1CCc2ccccc21)c1ccc2c(c1)[nH]c(=O)n2C1CCCC1. The van der Waals surface area contributed by atoms with Crippen LogP contribution in [-0.2, 0) is 6.42 Å². The largest absolute Gasteiger partial charge is 0.345 e. The van der Waals surface area contributed by atoms with Crippen molar-refractivity contribution in [3.8, 4) is 0 Å². The first-order valence-corrected chi connectivity index (χ1v) is 9.83. The lowest BCUT2D eigenvalue weighted by atomic mass is 10.1. The van der Waals surface area contributed by atoms with E-state index in [9.17, 15) is 9.59 Å². The topological polar surface area (TPSA) is 66.9 Å². The highest BCUT2D eigenvalue weighted by molar-refractivity contribution is 5.97. The van der Waals surface area contributed by atoms with E-state index in [0.29, 0.717) is 5.56 Å². The first kappa shape index (κ1) is 16.4. The third-order valence-corrected chi connectivity index (χ3v) is 6.11. The van der Waals surface area contributed by atoms with Crippen LogP contribution in [0, 0.1) is 0 Å². The van der Waals surface area contributed by atoms with Crippen LogP contribution in [0.25, 0.3) is 11.0 Å². The molecule has 3 aromatic rings. The summed E-state index contributed by atoms with van der Waals surface area (Å²) in [6.07, 6.45) is 6.38. The number of nitrogens with zero attached hydrogens (tertiary/aromatic N) is 1. The second-order valence-electron chi connectivity index (χ2n) is 7.73. The van der Waals surface area contributed by atoms with Gasteiger partial charge in [0.25, 0.3) is 5.91 Å². The Labute approximate surface area is 157 Å². The predicted molar refractivity (Wildman–Crippen MR) is 105 cm³/mol. The molecule has 1 atom stereocenters. The molecule has 1 amide bonds. The van der Waals surface area contributed by atoms with Gasteiger partial charge in [0.05, 0.1) is 17.1 Å². The number of carbonyl (C=O) groups excluding carboxylic acids is 1. The molecule has 5 rings (SSSR count). The molecule has 27 heavy (non-hydrogen) atoms. The zero-order chi connectivity index (χ0) is 18.4. The van der Waals surface area contributed by atoms with Gasteiger partial charge < -0.3 is 10.3 Å². The highest BCUT2D eigenvalue weighted by Crippen LogP contribution is 2.32. The summed E-state index contributed by atoms with van der Waals surface area (Å²) in [5, 5.41) is 3.15. The van der Waals surface area contributed by atoms with Crippen LogP contribution in [0.5, 0.6) is 0 Å². The Balaban J connectivity index is 1.42. The minimum atomic E-state index is -0.0898. The number of carbonyl (C=O) groups is 1. The van der Waals surface area contributed by atoms with Crippen LogP contribution in [0.4, 0.5) is 0 Å². The second-order valence-corrected chi connectivity index (χ2v) is 7.73. The molecular weight excluding hydrogens is 338 g/mol. The molecule has 0 aliphatic heterocycles. The van der Waals surface area contributed by atoms with E-state index in [1.165, 1.54) is 24.0 Å². The Morgan fingerprint density at radius 3 is 2.74 bits per heavy atom. The second kappa shape index (κ2) is 6.41. The molecule has 5 heteroatoms. The van der Waals surface area contributed by atoms with E-state index in [1.807, 2.05) is 28.8 Å². The van der Waals surface area contributed by atoms with E-state index in [-0.39, 0.29) is 23.7 Å². The van der Waals surface area contributed by atoms with Gasteiger partial charge in [-0.2, -0.15) is 0 Å². The summed E-state index contributed by atoms with van der Waals surface area (Å²) in [6, 6.07) is 14.2. The number of imidazole rings is 1. The van der Waals surface area contributed by atoms with Gasteiger partial charge in [-0.15, -0.1) is 0 Å². The van der Waals surface area contributed by atoms with Crippen molar-refractivity contribution < 1.29 is 4.79 Å². The number of amides is 1. The minimum Gasteiger partial charge on any atom is -0.345 e. The summed E-state index contributed by atoms with van der Waals surface area (Å²) < 4.78 is 1.87. The third-order valence-electron chi connectivity index (χ3n) is 6.11. The molecule has 2 aromatic carbocycles. The van der Waals surface area contributed by atoms with Crippen molar-refractivity contribution in [2.45, 2.75) is 50.6 Å². The van der Waals surface area contributed by atoms with E-state index in [4.69, 9.17) is 0 Å². The fourth-order valence-electron chi connectivity index (χ4n) is 4.75. The molecule has 0 bridgehead atoms. The van der Waals surface area contributed by atoms with Gasteiger partial charge in [-0.05, 0) is 55.0 Å². The van der Waals surface area contributed by atoms with E-state index in [2.05, 4.69) is 22.4 Å². The van der Waals surface area contributed by atoms with Crippen molar-refractivity contribution >= 4 is 16.9 Å². The number of benzene rings is 2. The van der Waals surface area contributed by atoms with Gasteiger partial charge in [0, 0.05) is 11.6 Å². The molecule has 1 saturated carbocycles. The average Bonchev–Trinajstić information content (AvgIpc) is 3.39. The van der Waals surface area contributed by atoms with Gasteiger partial charge in [0.1, 0.15) is 0 Å². The fourth-order valence-corrected chi connectivity index (χ4v) is 4.75. The Hall–Kier alpha value is -2.82. The lowest BCUT2D eigenvalue weighted by Crippen LogP contribution is -2.27. The molecule has 5 nitrogen and oxygen atoms in total. The van der Waals surface area contributed by atoms with Crippen molar-refractivity contribution in [1.82, 2.24) is 14.9 Å². The van der Waals surface area contributed by atoms with E-state index < -0.39 is 0 Å². The maximum Gasteiger partial charge on any atom is 0.326 e. The molecule has 2 aliphatic carbocycles. The van der Waals surface area contributed by atoms with Gasteiger partial charge in [0.2, 0.25) is 0 Å². The minimum absolute atomic E-state index is 0.0616. The molecule has 0 saturated heterocycles. The normalized spacial score (nSPS) is 19.5. The Kier molecular flexibility index (Phi) is 3.88. The first-order chi connectivity index (χ1) is 13.2. The standard InChI is InChI=1S/C22H23N3O2/c26-21(23-18-11-9-14-5-1-4-8-17(14)18)15-10-12-20-19(13-15)24-22(27)25(20)16-6-2-3-7-16/h1,4-5,8,10,12-13,16,18H,2-3,6-7,9,11H2,(H,23,26)(H,24,27). The van der Waals surface area contributed by atoms with Crippen LogP contribution in [0.1, 0.15) is 65.7 Å². The zero-order valence-electron chi connectivity index (χ0n) is 15.2. The Morgan fingerprint density at radius 1 is 1.07 bits per heavy atom. The number of aromatic nitrogens is 2. The third kappa shape index (κ3) is 2.78. The number of H-pyrrole nitrogens is 1. The van der Waals surface area contributed by atoms with Gasteiger partial charge >= 0.3 is 5.69 Å². The van der Waals surface area contributed by atoms with E-state index >= 15 is 0 Å². The average molecular weight is 361 g/mol. The molecule has 1 heterocycles. The maximum absolute atomic E-state index is 12.8. The molecule has 2 N–H and O–H groups in total. The molecule has 2 aliphatic rings. The lowest BCUT2D eigenvalue weighted by Gasteiger charge is -2.14. The molecule has 1 fully saturated rings. The summed E-state index contributed by atoms with van der Waals surface area (Å²) in [5.41, 5.74) is 4.69. The molecule has 0 radical (unpaired) electrons. The highest BCUT2D eigenvalue weighted by Gasteiger charge is 2.25. The number of aromatic amines is 1. The monoisotopic (exact) mass is 361 g/mol. The molecular formula is C22H23N3O2. The Bertz CT molecular complexity index is 1070. The van der Waals surface area contributed by atoms with Crippen LogP contribution in [0.15, 0.2) is 47.3 Å². The number of nitrogens with one attached hydrogen (secondary N) is 2. The van der Waals surface area contributed by atoms with E-state index in [0.717, 1.165) is 36.7 Å². The van der Waals surface area contributed by atoms with Crippen molar-refractivity contribution in [2.24, 2.45) is 0 Å². The van der Waals surface area contributed by atoms with Crippen molar-refractivity contribution in [3.63, 3.8) is 0 Å². The van der Waals surface area contributed by atoms with Gasteiger partial charge in [-0.25, -0.2) is 4.79 Å². The number of fused-ring (bicyclic) bond motifs is 2. The first-order valence-electron chi connectivity index (χ1n) is 9.83. The number of rotatable bonds is 3. The maximum atomic E-state index is 12.8. The summed E-state index contributed by atoms with van der Waals surface area (Å²) in [6.45, 7) is 0. The van der Waals surface area contributed by atoms with Crippen LogP contribution >= 0.6 is 0 Å². The number of hydrogen-bond donors (Lipinski definition) is 2. The highest BCUT2D eigenvalue weighted by atomic mass is 16.2. The van der Waals surface area contributed by atoms with E-state index in [1.54, 1.807) is 6.07 Å². The number of aryl methyl sites for hydroxylation is 1. The Morgan fingerprint density at radius 2 is 1.89 bits per heavy atom. The van der Waals surface area contributed by atoms with Crippen molar-refractivity contribution in [1.29, 1.82) is 0 Å². The van der Waals surface area contributed by atoms with Crippen LogP contribution in [0.2, 0.25) is 0 Å². The summed E-state index contributed by atoms with van der Waals surface area (Å²) in [4.78, 5) is 28.2. The van der Waals surface area contributed by atoms with Crippen LogP contribution in [-0.4, -0.2) is 15.5 Å². The fraction of sp³-hybridized carbons (Fsp3) is 0.364. The number of hydrogen-bond acceptors (Lipinski definition) is 2.